The first kappa shape index (κ1) is 13.5. The SMILES string of the molecule is CC(Nc1ccc(-c2ccc(Br)cc2)nn1)C(=O)O. The molecule has 2 rings (SSSR count). The third kappa shape index (κ3) is 3.51. The van der Waals surface area contributed by atoms with E-state index in [0.717, 1.165) is 15.7 Å². The van der Waals surface area contributed by atoms with Gasteiger partial charge in [0.15, 0.2) is 0 Å². The summed E-state index contributed by atoms with van der Waals surface area (Å²) in [5.41, 5.74) is 1.69. The van der Waals surface area contributed by atoms with Gasteiger partial charge in [0, 0.05) is 10.0 Å². The Labute approximate surface area is 118 Å². The third-order valence-electron chi connectivity index (χ3n) is 2.54. The van der Waals surface area contributed by atoms with E-state index in [1.807, 2.05) is 24.3 Å². The van der Waals surface area contributed by atoms with Gasteiger partial charge in [-0.2, -0.15) is 0 Å². The summed E-state index contributed by atoms with van der Waals surface area (Å²) in [7, 11) is 0. The normalized spacial score (nSPS) is 11.9. The number of carboxylic acids is 1. The summed E-state index contributed by atoms with van der Waals surface area (Å²) >= 11 is 3.37. The molecule has 0 aliphatic rings. The average molecular weight is 322 g/mol. The zero-order valence-corrected chi connectivity index (χ0v) is 11.8. The van der Waals surface area contributed by atoms with Gasteiger partial charge in [-0.25, -0.2) is 0 Å². The van der Waals surface area contributed by atoms with Crippen LogP contribution in [0.3, 0.4) is 0 Å². The van der Waals surface area contributed by atoms with Crippen molar-refractivity contribution in [2.24, 2.45) is 0 Å². The van der Waals surface area contributed by atoms with Crippen molar-refractivity contribution in [1.82, 2.24) is 10.2 Å². The topological polar surface area (TPSA) is 75.1 Å². The fraction of sp³-hybridized carbons (Fsp3) is 0.154. The molecule has 0 radical (unpaired) electrons. The van der Waals surface area contributed by atoms with Crippen molar-refractivity contribution in [2.75, 3.05) is 5.32 Å². The maximum Gasteiger partial charge on any atom is 0.325 e. The van der Waals surface area contributed by atoms with Crippen LogP contribution in [-0.4, -0.2) is 27.3 Å². The molecule has 1 heterocycles. The number of nitrogens with one attached hydrogen (secondary N) is 1. The Balaban J connectivity index is 2.14. The van der Waals surface area contributed by atoms with Gasteiger partial charge in [-0.15, -0.1) is 10.2 Å². The van der Waals surface area contributed by atoms with Gasteiger partial charge in [0.2, 0.25) is 0 Å². The van der Waals surface area contributed by atoms with Crippen molar-refractivity contribution < 1.29 is 9.90 Å². The summed E-state index contributed by atoms with van der Waals surface area (Å²) in [6.07, 6.45) is 0. The molecule has 98 valence electrons. The van der Waals surface area contributed by atoms with Crippen molar-refractivity contribution in [3.05, 3.63) is 40.9 Å². The summed E-state index contributed by atoms with van der Waals surface area (Å²) in [6, 6.07) is 10.5. The highest BCUT2D eigenvalue weighted by Crippen LogP contribution is 2.20. The third-order valence-corrected chi connectivity index (χ3v) is 3.07. The quantitative estimate of drug-likeness (QED) is 0.905. The molecule has 2 N–H and O–H groups in total. The van der Waals surface area contributed by atoms with Crippen LogP contribution in [0.15, 0.2) is 40.9 Å². The maximum absolute atomic E-state index is 10.7. The molecule has 0 fully saturated rings. The Kier molecular flexibility index (Phi) is 4.11. The molecule has 0 amide bonds. The van der Waals surface area contributed by atoms with Gasteiger partial charge < -0.3 is 10.4 Å². The van der Waals surface area contributed by atoms with Gasteiger partial charge in [-0.1, -0.05) is 28.1 Å². The van der Waals surface area contributed by atoms with Crippen molar-refractivity contribution >= 4 is 27.7 Å². The number of aliphatic carboxylic acids is 1. The van der Waals surface area contributed by atoms with E-state index in [-0.39, 0.29) is 0 Å². The van der Waals surface area contributed by atoms with Crippen LogP contribution in [0, 0.1) is 0 Å². The highest BCUT2D eigenvalue weighted by Gasteiger charge is 2.11. The maximum atomic E-state index is 10.7. The van der Waals surface area contributed by atoms with Crippen LogP contribution in [0.2, 0.25) is 0 Å². The molecule has 0 saturated carbocycles. The molecule has 1 aromatic heterocycles. The van der Waals surface area contributed by atoms with E-state index in [1.54, 1.807) is 19.1 Å². The number of benzene rings is 1. The van der Waals surface area contributed by atoms with E-state index in [9.17, 15) is 4.79 Å². The molecule has 0 aliphatic heterocycles. The standard InChI is InChI=1S/C13H12BrN3O2/c1-8(13(18)19)15-12-7-6-11(16-17-12)9-2-4-10(14)5-3-9/h2-8H,1H3,(H,15,17)(H,18,19). The smallest absolute Gasteiger partial charge is 0.325 e. The van der Waals surface area contributed by atoms with Crippen LogP contribution in [-0.2, 0) is 4.79 Å². The number of rotatable bonds is 4. The highest BCUT2D eigenvalue weighted by atomic mass is 79.9. The molecule has 1 aromatic carbocycles. The molecular weight excluding hydrogens is 310 g/mol. The fourth-order valence-electron chi connectivity index (χ4n) is 1.47. The van der Waals surface area contributed by atoms with Gasteiger partial charge >= 0.3 is 5.97 Å². The van der Waals surface area contributed by atoms with Crippen molar-refractivity contribution in [2.45, 2.75) is 13.0 Å². The number of halogens is 1. The molecule has 19 heavy (non-hydrogen) atoms. The van der Waals surface area contributed by atoms with Gasteiger partial charge in [0.05, 0.1) is 5.69 Å². The number of aromatic nitrogens is 2. The first-order valence-corrected chi connectivity index (χ1v) is 6.44. The zero-order chi connectivity index (χ0) is 13.8. The lowest BCUT2D eigenvalue weighted by Gasteiger charge is -2.09. The summed E-state index contributed by atoms with van der Waals surface area (Å²) in [5.74, 6) is -0.491. The number of hydrogen-bond donors (Lipinski definition) is 2. The average Bonchev–Trinajstić information content (AvgIpc) is 2.40. The van der Waals surface area contributed by atoms with Gasteiger partial charge in [-0.3, -0.25) is 4.79 Å². The van der Waals surface area contributed by atoms with E-state index in [4.69, 9.17) is 5.11 Å². The molecule has 6 heteroatoms. The minimum atomic E-state index is -0.932. The number of anilines is 1. The molecule has 1 unspecified atom stereocenters. The summed E-state index contributed by atoms with van der Waals surface area (Å²) in [5, 5.41) is 19.6. The van der Waals surface area contributed by atoms with Crippen molar-refractivity contribution in [3.8, 4) is 11.3 Å². The number of hydrogen-bond acceptors (Lipinski definition) is 4. The fourth-order valence-corrected chi connectivity index (χ4v) is 1.73. The first-order chi connectivity index (χ1) is 9.06. The molecule has 0 aliphatic carbocycles. The molecule has 0 spiro atoms. The molecule has 0 saturated heterocycles. The van der Waals surface area contributed by atoms with Crippen molar-refractivity contribution in [3.63, 3.8) is 0 Å². The molecule has 0 bridgehead atoms. The first-order valence-electron chi connectivity index (χ1n) is 5.65. The van der Waals surface area contributed by atoms with Crippen LogP contribution in [0.5, 0.6) is 0 Å². The summed E-state index contributed by atoms with van der Waals surface area (Å²) in [6.45, 7) is 1.55. The predicted octanol–water partition coefficient (Wildman–Crippen LogP) is 2.79. The minimum Gasteiger partial charge on any atom is -0.480 e. The van der Waals surface area contributed by atoms with Gasteiger partial charge in [0.1, 0.15) is 11.9 Å². The molecule has 2 aromatic rings. The van der Waals surface area contributed by atoms with E-state index >= 15 is 0 Å². The van der Waals surface area contributed by atoms with Gasteiger partial charge in [-0.05, 0) is 31.2 Å². The Morgan fingerprint density at radius 2 is 1.89 bits per heavy atom. The van der Waals surface area contributed by atoms with E-state index in [2.05, 4.69) is 31.4 Å². The Hall–Kier alpha value is -1.95. The lowest BCUT2D eigenvalue weighted by atomic mass is 10.1. The van der Waals surface area contributed by atoms with Crippen LogP contribution >= 0.6 is 15.9 Å². The van der Waals surface area contributed by atoms with Gasteiger partial charge in [0.25, 0.3) is 0 Å². The monoisotopic (exact) mass is 321 g/mol. The van der Waals surface area contributed by atoms with E-state index < -0.39 is 12.0 Å². The number of carboxylic acid groups (broad SMARTS) is 1. The summed E-state index contributed by atoms with van der Waals surface area (Å²) in [4.78, 5) is 10.7. The van der Waals surface area contributed by atoms with Crippen LogP contribution in [0.1, 0.15) is 6.92 Å². The van der Waals surface area contributed by atoms with E-state index in [1.165, 1.54) is 0 Å². The Morgan fingerprint density at radius 1 is 1.21 bits per heavy atom. The minimum absolute atomic E-state index is 0.441. The van der Waals surface area contributed by atoms with Crippen LogP contribution in [0.4, 0.5) is 5.82 Å². The molecule has 1 atom stereocenters. The van der Waals surface area contributed by atoms with Crippen molar-refractivity contribution in [1.29, 1.82) is 0 Å². The Morgan fingerprint density at radius 3 is 2.42 bits per heavy atom. The lowest BCUT2D eigenvalue weighted by molar-refractivity contribution is -0.137. The summed E-state index contributed by atoms with van der Waals surface area (Å²) < 4.78 is 0.998. The second-order valence-corrected chi connectivity index (χ2v) is 4.93. The second kappa shape index (κ2) is 5.79. The molecule has 5 nitrogen and oxygen atoms in total. The van der Waals surface area contributed by atoms with Crippen LogP contribution in [0.25, 0.3) is 11.3 Å². The van der Waals surface area contributed by atoms with E-state index in [0.29, 0.717) is 5.82 Å². The van der Waals surface area contributed by atoms with Crippen LogP contribution < -0.4 is 5.32 Å². The Bertz CT molecular complexity index is 569. The number of nitrogens with zero attached hydrogens (tertiary/aromatic N) is 2. The second-order valence-electron chi connectivity index (χ2n) is 4.01. The zero-order valence-electron chi connectivity index (χ0n) is 10.2. The molecular formula is C13H12BrN3O2. The largest absolute Gasteiger partial charge is 0.480 e. The predicted molar refractivity (Wildman–Crippen MR) is 75.9 cm³/mol. The lowest BCUT2D eigenvalue weighted by Crippen LogP contribution is -2.25. The number of carbonyl (C=O) groups is 1. The highest BCUT2D eigenvalue weighted by molar-refractivity contribution is 9.10.